The van der Waals surface area contributed by atoms with E-state index < -0.39 is 14.0 Å². The quantitative estimate of drug-likeness (QED) is 0.0957. The second kappa shape index (κ2) is 14.0. The summed E-state index contributed by atoms with van der Waals surface area (Å²) in [6.45, 7) is 8.97. The van der Waals surface area contributed by atoms with Crippen molar-refractivity contribution in [3.63, 3.8) is 0 Å². The van der Waals surface area contributed by atoms with Gasteiger partial charge in [-0.25, -0.2) is 14.2 Å². The van der Waals surface area contributed by atoms with Crippen LogP contribution in [0.15, 0.2) is 67.3 Å². The third-order valence-corrected chi connectivity index (χ3v) is 9.85. The number of methoxy groups -OCH3 is 1. The third kappa shape index (κ3) is 7.87. The third-order valence-electron chi connectivity index (χ3n) is 8.15. The standard InChI is InChI=1S/C34H41N7O5Si/c1-44-34(43)26-9-7-8-24(16-26)20-39-22-28(19-35-39)37-33(42)32-29-12-11-25(27-18-36-40(21-27)31-10-5-6-13-46-31)17-30(29)41(38-32)23-45-14-15-47(2,3)4/h7-9,11-12,16-19,21-22,31H,5-6,10,13-15,20,23H2,1-4H3,(H,37,42). The maximum Gasteiger partial charge on any atom is 0.337 e. The number of aromatic nitrogens is 6. The first-order chi connectivity index (χ1) is 22.7. The summed E-state index contributed by atoms with van der Waals surface area (Å²) >= 11 is 0. The molecule has 2 aromatic carbocycles. The lowest BCUT2D eigenvalue weighted by molar-refractivity contribution is -0.0394. The average molecular weight is 656 g/mol. The van der Waals surface area contributed by atoms with Crippen LogP contribution in [-0.2, 0) is 27.5 Å². The lowest BCUT2D eigenvalue weighted by atomic mass is 10.1. The molecule has 13 heteroatoms. The van der Waals surface area contributed by atoms with Crippen LogP contribution in [0.5, 0.6) is 0 Å². The highest BCUT2D eigenvalue weighted by Crippen LogP contribution is 2.29. The molecule has 0 radical (unpaired) electrons. The number of carbonyl (C=O) groups excluding carboxylic acids is 2. The van der Waals surface area contributed by atoms with Crippen LogP contribution in [-0.4, -0.2) is 69.6 Å². The second-order valence-electron chi connectivity index (χ2n) is 13.0. The van der Waals surface area contributed by atoms with Crippen molar-refractivity contribution in [2.24, 2.45) is 0 Å². The van der Waals surface area contributed by atoms with Gasteiger partial charge in [0.05, 0.1) is 42.8 Å². The maximum absolute atomic E-state index is 13.6. The average Bonchev–Trinajstić information content (AvgIpc) is 3.82. The van der Waals surface area contributed by atoms with E-state index in [-0.39, 0.29) is 18.9 Å². The van der Waals surface area contributed by atoms with Crippen molar-refractivity contribution >= 4 is 36.5 Å². The van der Waals surface area contributed by atoms with Gasteiger partial charge in [0.15, 0.2) is 5.69 Å². The SMILES string of the molecule is COC(=O)c1cccc(Cn2cc(NC(=O)c3nn(COCC[Si](C)(C)C)c4cc(-c5cnn(C6CCCCO6)c5)ccc34)cn2)c1. The van der Waals surface area contributed by atoms with Gasteiger partial charge >= 0.3 is 5.97 Å². The fourth-order valence-electron chi connectivity index (χ4n) is 5.53. The van der Waals surface area contributed by atoms with E-state index in [1.54, 1.807) is 40.0 Å². The highest BCUT2D eigenvalue weighted by Gasteiger charge is 2.21. The molecule has 1 aliphatic rings. The lowest BCUT2D eigenvalue weighted by Crippen LogP contribution is -2.22. The first-order valence-electron chi connectivity index (χ1n) is 15.9. The molecule has 12 nitrogen and oxygen atoms in total. The van der Waals surface area contributed by atoms with Crippen LogP contribution < -0.4 is 5.32 Å². The monoisotopic (exact) mass is 655 g/mol. The molecule has 1 aliphatic heterocycles. The maximum atomic E-state index is 13.6. The lowest BCUT2D eigenvalue weighted by Gasteiger charge is -2.22. The van der Waals surface area contributed by atoms with E-state index in [0.717, 1.165) is 59.5 Å². The van der Waals surface area contributed by atoms with E-state index in [1.807, 2.05) is 41.3 Å². The van der Waals surface area contributed by atoms with Gasteiger partial charge in [0.1, 0.15) is 13.0 Å². The predicted octanol–water partition coefficient (Wildman–Crippen LogP) is 6.19. The van der Waals surface area contributed by atoms with E-state index in [9.17, 15) is 9.59 Å². The summed E-state index contributed by atoms with van der Waals surface area (Å²) in [6.07, 6.45) is 10.3. The van der Waals surface area contributed by atoms with Crippen LogP contribution in [0.2, 0.25) is 25.7 Å². The number of carbonyl (C=O) groups is 2. The topological polar surface area (TPSA) is 127 Å². The molecule has 0 aliphatic carbocycles. The number of rotatable bonds is 12. The number of hydrogen-bond acceptors (Lipinski definition) is 8. The molecule has 6 rings (SSSR count). The Morgan fingerprint density at radius 2 is 1.91 bits per heavy atom. The molecule has 1 amide bonds. The molecule has 1 saturated heterocycles. The minimum atomic E-state index is -1.27. The van der Waals surface area contributed by atoms with Crippen molar-refractivity contribution in [2.45, 2.75) is 64.5 Å². The number of nitrogens with zero attached hydrogens (tertiary/aromatic N) is 6. The highest BCUT2D eigenvalue weighted by molar-refractivity contribution is 6.76. The van der Waals surface area contributed by atoms with E-state index in [4.69, 9.17) is 19.3 Å². The number of ether oxygens (including phenoxy) is 3. The number of anilines is 1. The molecule has 1 N–H and O–H groups in total. The second-order valence-corrected chi connectivity index (χ2v) is 18.7. The Labute approximate surface area is 274 Å². The molecule has 0 spiro atoms. The summed E-state index contributed by atoms with van der Waals surface area (Å²) in [5, 5.41) is 17.4. The first-order valence-corrected chi connectivity index (χ1v) is 19.6. The molecule has 1 unspecified atom stereocenters. The zero-order chi connectivity index (χ0) is 33.0. The minimum absolute atomic E-state index is 0.0452. The van der Waals surface area contributed by atoms with Gasteiger partial charge in [-0.05, 0) is 60.7 Å². The molecular formula is C34H41N7O5Si. The predicted molar refractivity (Wildman–Crippen MR) is 181 cm³/mol. The Bertz CT molecular complexity index is 1870. The minimum Gasteiger partial charge on any atom is -0.465 e. The van der Waals surface area contributed by atoms with Crippen molar-refractivity contribution < 1.29 is 23.8 Å². The molecule has 1 atom stereocenters. The van der Waals surface area contributed by atoms with Gasteiger partial charge in [-0.2, -0.15) is 15.3 Å². The van der Waals surface area contributed by atoms with Crippen LogP contribution in [0, 0.1) is 0 Å². The van der Waals surface area contributed by atoms with Gasteiger partial charge in [0.25, 0.3) is 5.91 Å². The number of esters is 1. The summed E-state index contributed by atoms with van der Waals surface area (Å²) in [6, 6.07) is 14.1. The number of amides is 1. The van der Waals surface area contributed by atoms with Crippen molar-refractivity contribution in [2.75, 3.05) is 25.6 Å². The van der Waals surface area contributed by atoms with Gasteiger partial charge in [-0.3, -0.25) is 9.48 Å². The van der Waals surface area contributed by atoms with Crippen LogP contribution >= 0.6 is 0 Å². The number of fused-ring (bicyclic) bond motifs is 1. The summed E-state index contributed by atoms with van der Waals surface area (Å²) in [7, 11) is 0.0844. The van der Waals surface area contributed by atoms with Gasteiger partial charge in [0, 0.05) is 44.6 Å². The number of hydrogen-bond donors (Lipinski definition) is 1. The zero-order valence-electron chi connectivity index (χ0n) is 27.3. The van der Waals surface area contributed by atoms with Gasteiger partial charge < -0.3 is 19.5 Å². The van der Waals surface area contributed by atoms with Crippen LogP contribution in [0.25, 0.3) is 22.0 Å². The van der Waals surface area contributed by atoms with E-state index in [0.29, 0.717) is 30.1 Å². The molecule has 47 heavy (non-hydrogen) atoms. The van der Waals surface area contributed by atoms with Crippen molar-refractivity contribution in [3.8, 4) is 11.1 Å². The Morgan fingerprint density at radius 3 is 2.70 bits per heavy atom. The molecule has 5 aromatic rings. The van der Waals surface area contributed by atoms with Crippen molar-refractivity contribution in [1.29, 1.82) is 0 Å². The van der Waals surface area contributed by atoms with E-state index in [1.165, 1.54) is 7.11 Å². The molecule has 246 valence electrons. The fraction of sp³-hybridized carbons (Fsp3) is 0.382. The highest BCUT2D eigenvalue weighted by atomic mass is 28.3. The van der Waals surface area contributed by atoms with Crippen LogP contribution in [0.4, 0.5) is 5.69 Å². The first kappa shape index (κ1) is 32.4. The zero-order valence-corrected chi connectivity index (χ0v) is 28.3. The van der Waals surface area contributed by atoms with Gasteiger partial charge in [0.2, 0.25) is 0 Å². The summed E-state index contributed by atoms with van der Waals surface area (Å²) in [5.74, 6) is -0.747. The largest absolute Gasteiger partial charge is 0.465 e. The Balaban J connectivity index is 1.22. The molecule has 3 aromatic heterocycles. The summed E-state index contributed by atoms with van der Waals surface area (Å²) < 4.78 is 22.1. The van der Waals surface area contributed by atoms with E-state index >= 15 is 0 Å². The van der Waals surface area contributed by atoms with Crippen LogP contribution in [0.3, 0.4) is 0 Å². The van der Waals surface area contributed by atoms with Crippen LogP contribution in [0.1, 0.15) is 51.9 Å². The molecule has 0 bridgehead atoms. The Kier molecular flexibility index (Phi) is 9.66. The van der Waals surface area contributed by atoms with Gasteiger partial charge in [-0.15, -0.1) is 0 Å². The molecule has 1 fully saturated rings. The Hall–Kier alpha value is -4.59. The van der Waals surface area contributed by atoms with Crippen molar-refractivity contribution in [1.82, 2.24) is 29.3 Å². The normalized spacial score (nSPS) is 15.2. The smallest absolute Gasteiger partial charge is 0.337 e. The summed E-state index contributed by atoms with van der Waals surface area (Å²) in [5.41, 5.74) is 4.89. The number of nitrogens with one attached hydrogen (secondary N) is 1. The number of benzene rings is 2. The fourth-order valence-corrected chi connectivity index (χ4v) is 6.29. The van der Waals surface area contributed by atoms with Crippen molar-refractivity contribution in [3.05, 3.63) is 84.1 Å². The van der Waals surface area contributed by atoms with Gasteiger partial charge in [-0.1, -0.05) is 37.8 Å². The molecule has 4 heterocycles. The molecular weight excluding hydrogens is 615 g/mol. The summed E-state index contributed by atoms with van der Waals surface area (Å²) in [4.78, 5) is 25.5. The Morgan fingerprint density at radius 1 is 1.04 bits per heavy atom. The van der Waals surface area contributed by atoms with E-state index in [2.05, 4.69) is 35.2 Å². The molecule has 0 saturated carbocycles.